The summed E-state index contributed by atoms with van der Waals surface area (Å²) in [4.78, 5) is 18.0. The third-order valence-corrected chi connectivity index (χ3v) is 5.08. The number of fused-ring (bicyclic) bond motifs is 1. The van der Waals surface area contributed by atoms with Crippen molar-refractivity contribution in [3.63, 3.8) is 0 Å². The van der Waals surface area contributed by atoms with Crippen LogP contribution in [0, 0.1) is 3.57 Å². The van der Waals surface area contributed by atoms with Gasteiger partial charge in [-0.05, 0) is 76.7 Å². The zero-order valence-electron chi connectivity index (χ0n) is 15.2. The fourth-order valence-electron chi connectivity index (χ4n) is 3.00. The average Bonchev–Trinajstić information content (AvgIpc) is 2.74. The van der Waals surface area contributed by atoms with Gasteiger partial charge in [0.25, 0.3) is 5.56 Å². The number of hydrogen-bond acceptors (Lipinski definition) is 3. The van der Waals surface area contributed by atoms with E-state index >= 15 is 0 Å². The van der Waals surface area contributed by atoms with Crippen LogP contribution < -0.4 is 10.3 Å². The minimum Gasteiger partial charge on any atom is -0.497 e. The molecule has 138 valence electrons. The van der Waals surface area contributed by atoms with Crippen LogP contribution in [0.4, 0.5) is 0 Å². The molecule has 0 aliphatic heterocycles. The Morgan fingerprint density at radius 1 is 0.964 bits per heavy atom. The van der Waals surface area contributed by atoms with Crippen LogP contribution >= 0.6 is 22.6 Å². The molecule has 0 saturated carbocycles. The van der Waals surface area contributed by atoms with Gasteiger partial charge in [-0.15, -0.1) is 0 Å². The molecule has 0 spiro atoms. The van der Waals surface area contributed by atoms with E-state index < -0.39 is 0 Å². The molecule has 4 rings (SSSR count). The van der Waals surface area contributed by atoms with E-state index in [0.717, 1.165) is 20.6 Å². The third kappa shape index (κ3) is 3.71. The molecule has 0 fully saturated rings. The Labute approximate surface area is 176 Å². The van der Waals surface area contributed by atoms with Gasteiger partial charge in [0.15, 0.2) is 0 Å². The molecule has 0 aliphatic carbocycles. The molecule has 0 unspecified atom stereocenters. The summed E-state index contributed by atoms with van der Waals surface area (Å²) in [5.74, 6) is 1.39. The highest BCUT2D eigenvalue weighted by molar-refractivity contribution is 14.1. The maximum Gasteiger partial charge on any atom is 0.266 e. The van der Waals surface area contributed by atoms with Gasteiger partial charge in [0.05, 0.1) is 23.7 Å². The molecule has 0 N–H and O–H groups in total. The number of methoxy groups -OCH3 is 1. The second-order valence-corrected chi connectivity index (χ2v) is 7.46. The van der Waals surface area contributed by atoms with E-state index in [2.05, 4.69) is 22.6 Å². The predicted molar refractivity (Wildman–Crippen MR) is 122 cm³/mol. The smallest absolute Gasteiger partial charge is 0.266 e. The second kappa shape index (κ2) is 7.98. The minimum absolute atomic E-state index is 0.0795. The van der Waals surface area contributed by atoms with Gasteiger partial charge in [-0.3, -0.25) is 9.36 Å². The van der Waals surface area contributed by atoms with E-state index in [-0.39, 0.29) is 5.56 Å². The summed E-state index contributed by atoms with van der Waals surface area (Å²) < 4.78 is 7.86. The van der Waals surface area contributed by atoms with Gasteiger partial charge >= 0.3 is 0 Å². The van der Waals surface area contributed by atoms with E-state index in [1.165, 1.54) is 0 Å². The first-order valence-electron chi connectivity index (χ1n) is 8.75. The summed E-state index contributed by atoms with van der Waals surface area (Å²) in [6.45, 7) is 0. The van der Waals surface area contributed by atoms with Crippen LogP contribution in [0.25, 0.3) is 28.7 Å². The molecule has 0 radical (unpaired) electrons. The van der Waals surface area contributed by atoms with Crippen LogP contribution in [0.1, 0.15) is 11.4 Å². The average molecular weight is 480 g/mol. The van der Waals surface area contributed by atoms with Crippen molar-refractivity contribution in [2.24, 2.45) is 0 Å². The quantitative estimate of drug-likeness (QED) is 0.379. The van der Waals surface area contributed by atoms with Crippen LogP contribution in [0.5, 0.6) is 5.75 Å². The van der Waals surface area contributed by atoms with Gasteiger partial charge in [0.1, 0.15) is 11.6 Å². The number of ether oxygens (including phenoxy) is 1. The monoisotopic (exact) mass is 480 g/mol. The van der Waals surface area contributed by atoms with E-state index in [9.17, 15) is 4.79 Å². The number of aromatic nitrogens is 2. The molecule has 3 aromatic carbocycles. The number of rotatable bonds is 4. The first-order valence-corrected chi connectivity index (χ1v) is 9.83. The summed E-state index contributed by atoms with van der Waals surface area (Å²) >= 11 is 2.21. The van der Waals surface area contributed by atoms with Crippen LogP contribution in [0.2, 0.25) is 0 Å². The second-order valence-electron chi connectivity index (χ2n) is 6.21. The Morgan fingerprint density at radius 2 is 1.71 bits per heavy atom. The van der Waals surface area contributed by atoms with Crippen molar-refractivity contribution < 1.29 is 4.74 Å². The van der Waals surface area contributed by atoms with Crippen molar-refractivity contribution in [2.75, 3.05) is 7.11 Å². The Balaban J connectivity index is 1.89. The number of hydrogen-bond donors (Lipinski definition) is 0. The summed E-state index contributed by atoms with van der Waals surface area (Å²) in [5, 5.41) is 0.609. The highest BCUT2D eigenvalue weighted by Crippen LogP contribution is 2.18. The highest BCUT2D eigenvalue weighted by atomic mass is 127. The number of para-hydroxylation sites is 1. The number of nitrogens with zero attached hydrogens (tertiary/aromatic N) is 2. The zero-order chi connectivity index (χ0) is 19.5. The molecule has 0 amide bonds. The Morgan fingerprint density at radius 3 is 2.43 bits per heavy atom. The molecule has 0 atom stereocenters. The Kier molecular flexibility index (Phi) is 5.25. The van der Waals surface area contributed by atoms with Crippen molar-refractivity contribution in [1.29, 1.82) is 0 Å². The van der Waals surface area contributed by atoms with Gasteiger partial charge in [0, 0.05) is 3.57 Å². The normalized spacial score (nSPS) is 11.2. The maximum atomic E-state index is 13.3. The van der Waals surface area contributed by atoms with E-state index in [4.69, 9.17) is 9.72 Å². The van der Waals surface area contributed by atoms with Crippen LogP contribution in [0.3, 0.4) is 0 Å². The Bertz CT molecular complexity index is 1210. The van der Waals surface area contributed by atoms with Gasteiger partial charge in [0.2, 0.25) is 0 Å². The van der Waals surface area contributed by atoms with Gasteiger partial charge in [-0.25, -0.2) is 4.98 Å². The molecule has 1 aromatic heterocycles. The molecule has 5 heteroatoms. The standard InChI is InChI=1S/C23H17IN2O2/c1-28-19-11-7-16(8-12-19)9-14-22-25-21-13-10-17(24)15-20(21)23(27)26(22)18-5-3-2-4-6-18/h2-15H,1H3/b14-9+. The summed E-state index contributed by atoms with van der Waals surface area (Å²) in [5.41, 5.74) is 2.39. The number of halogens is 1. The highest BCUT2D eigenvalue weighted by Gasteiger charge is 2.11. The van der Waals surface area contributed by atoms with Crippen molar-refractivity contribution in [3.05, 3.63) is 98.1 Å². The fourth-order valence-corrected chi connectivity index (χ4v) is 3.49. The van der Waals surface area contributed by atoms with Crippen molar-refractivity contribution in [1.82, 2.24) is 9.55 Å². The molecule has 1 heterocycles. The van der Waals surface area contributed by atoms with Crippen LogP contribution in [-0.2, 0) is 0 Å². The largest absolute Gasteiger partial charge is 0.497 e. The first-order chi connectivity index (χ1) is 13.7. The fraction of sp³-hybridized carbons (Fsp3) is 0.0435. The van der Waals surface area contributed by atoms with Crippen molar-refractivity contribution >= 4 is 45.6 Å². The molecular weight excluding hydrogens is 463 g/mol. The summed E-state index contributed by atoms with van der Waals surface area (Å²) in [6.07, 6.45) is 3.81. The van der Waals surface area contributed by atoms with E-state index in [1.807, 2.05) is 84.9 Å². The topological polar surface area (TPSA) is 44.1 Å². The lowest BCUT2D eigenvalue weighted by molar-refractivity contribution is 0.415. The van der Waals surface area contributed by atoms with E-state index in [0.29, 0.717) is 16.7 Å². The van der Waals surface area contributed by atoms with E-state index in [1.54, 1.807) is 11.7 Å². The SMILES string of the molecule is COc1ccc(/C=C/c2nc3ccc(I)cc3c(=O)n2-c2ccccc2)cc1. The van der Waals surface area contributed by atoms with Gasteiger partial charge in [-0.2, -0.15) is 0 Å². The van der Waals surface area contributed by atoms with Crippen molar-refractivity contribution in [3.8, 4) is 11.4 Å². The minimum atomic E-state index is -0.0795. The van der Waals surface area contributed by atoms with Gasteiger partial charge < -0.3 is 4.74 Å². The van der Waals surface area contributed by atoms with Gasteiger partial charge in [-0.1, -0.05) is 36.4 Å². The molecule has 0 aliphatic rings. The summed E-state index contributed by atoms with van der Waals surface area (Å²) in [6, 6.07) is 23.0. The number of benzene rings is 3. The lowest BCUT2D eigenvalue weighted by Crippen LogP contribution is -2.22. The molecule has 28 heavy (non-hydrogen) atoms. The van der Waals surface area contributed by atoms with Crippen LogP contribution in [-0.4, -0.2) is 16.7 Å². The lowest BCUT2D eigenvalue weighted by Gasteiger charge is -2.11. The Hall–Kier alpha value is -2.93. The first kappa shape index (κ1) is 18.4. The maximum absolute atomic E-state index is 13.3. The summed E-state index contributed by atoms with van der Waals surface area (Å²) in [7, 11) is 1.64. The molecule has 4 nitrogen and oxygen atoms in total. The molecule has 0 bridgehead atoms. The third-order valence-electron chi connectivity index (χ3n) is 4.41. The van der Waals surface area contributed by atoms with Crippen LogP contribution in [0.15, 0.2) is 77.6 Å². The van der Waals surface area contributed by atoms with Crippen molar-refractivity contribution in [2.45, 2.75) is 0 Å². The molecule has 0 saturated heterocycles. The molecular formula is C23H17IN2O2. The molecule has 4 aromatic rings. The lowest BCUT2D eigenvalue weighted by atomic mass is 10.2. The predicted octanol–water partition coefficient (Wildman–Crippen LogP) is 5.17. The zero-order valence-corrected chi connectivity index (χ0v) is 17.3.